The Kier molecular flexibility index (Phi) is 5.46. The molecule has 1 aliphatic carbocycles. The van der Waals surface area contributed by atoms with Gasteiger partial charge in [0, 0.05) is 24.8 Å². The lowest BCUT2D eigenvalue weighted by molar-refractivity contribution is 0.600. The van der Waals surface area contributed by atoms with E-state index in [0.29, 0.717) is 17.9 Å². The van der Waals surface area contributed by atoms with E-state index in [0.717, 1.165) is 23.1 Å². The van der Waals surface area contributed by atoms with Crippen molar-refractivity contribution >= 4 is 19.0 Å². The van der Waals surface area contributed by atoms with Gasteiger partial charge in [-0.1, -0.05) is 24.8 Å². The van der Waals surface area contributed by atoms with E-state index in [9.17, 15) is 4.39 Å². The van der Waals surface area contributed by atoms with Crippen molar-refractivity contribution in [2.75, 3.05) is 0 Å². The van der Waals surface area contributed by atoms with Crippen molar-refractivity contribution in [3.63, 3.8) is 0 Å². The van der Waals surface area contributed by atoms with Gasteiger partial charge in [-0.3, -0.25) is 9.98 Å². The van der Waals surface area contributed by atoms with Crippen LogP contribution in [0.4, 0.5) is 4.39 Å². The molecule has 4 nitrogen and oxygen atoms in total. The molecule has 0 aliphatic heterocycles. The highest BCUT2D eigenvalue weighted by Crippen LogP contribution is 2.55. The summed E-state index contributed by atoms with van der Waals surface area (Å²) in [5.74, 6) is 0.998. The molecule has 0 spiro atoms. The SMILES string of the molecule is C=Cc1ccc(C2CC2c2cnc(CN=C/C=C\N=C)nc2)c(F)c1C. The molecule has 1 aromatic heterocycles. The zero-order valence-corrected chi connectivity index (χ0v) is 14.8. The average Bonchev–Trinajstić information content (AvgIpc) is 3.45. The second kappa shape index (κ2) is 7.95. The van der Waals surface area contributed by atoms with Crippen molar-refractivity contribution < 1.29 is 4.39 Å². The van der Waals surface area contributed by atoms with Gasteiger partial charge in [-0.05, 0) is 60.2 Å². The number of aromatic nitrogens is 2. The quantitative estimate of drug-likeness (QED) is 0.685. The van der Waals surface area contributed by atoms with Crippen LogP contribution in [0, 0.1) is 12.7 Å². The number of hydrogen-bond acceptors (Lipinski definition) is 4. The standard InChI is InChI=1S/C21H21FN4/c1-4-15-6-7-17(21(22)14(15)2)19-10-18(19)16-11-25-20(26-12-16)13-24-9-5-8-23-3/h4-9,11-12,18-19H,1,3,10,13H2,2H3/b8-5-,24-9?. The van der Waals surface area contributed by atoms with E-state index in [4.69, 9.17) is 0 Å². The molecular formula is C21H21FN4. The summed E-state index contributed by atoms with van der Waals surface area (Å²) in [5, 5.41) is 0. The molecule has 2 unspecified atom stereocenters. The third-order valence-corrected chi connectivity index (χ3v) is 4.64. The number of hydrogen-bond donors (Lipinski definition) is 0. The Bertz CT molecular complexity index is 868. The lowest BCUT2D eigenvalue weighted by atomic mass is 9.99. The van der Waals surface area contributed by atoms with Gasteiger partial charge in [0.2, 0.25) is 0 Å². The molecule has 2 aromatic rings. The average molecular weight is 348 g/mol. The van der Waals surface area contributed by atoms with Gasteiger partial charge in [0.15, 0.2) is 0 Å². The summed E-state index contributed by atoms with van der Waals surface area (Å²) >= 11 is 0. The first-order valence-corrected chi connectivity index (χ1v) is 8.48. The highest BCUT2D eigenvalue weighted by Gasteiger charge is 2.41. The van der Waals surface area contributed by atoms with Gasteiger partial charge < -0.3 is 0 Å². The molecule has 2 atom stereocenters. The Labute approximate surface area is 153 Å². The number of benzene rings is 1. The van der Waals surface area contributed by atoms with Crippen molar-refractivity contribution in [2.45, 2.75) is 31.7 Å². The fourth-order valence-electron chi connectivity index (χ4n) is 3.07. The molecule has 1 aliphatic rings. The van der Waals surface area contributed by atoms with Crippen LogP contribution in [-0.2, 0) is 6.54 Å². The zero-order chi connectivity index (χ0) is 18.5. The minimum absolute atomic E-state index is 0.121. The van der Waals surface area contributed by atoms with Crippen LogP contribution >= 0.6 is 0 Å². The fraction of sp³-hybridized carbons (Fsp3) is 0.238. The minimum Gasteiger partial charge on any atom is -0.285 e. The number of aliphatic imine (C=N–C) groups is 2. The molecule has 3 rings (SSSR count). The molecule has 132 valence electrons. The second-order valence-electron chi connectivity index (χ2n) is 6.28. The lowest BCUT2D eigenvalue weighted by Crippen LogP contribution is -1.97. The number of halogens is 1. The first-order chi connectivity index (χ1) is 12.7. The highest BCUT2D eigenvalue weighted by molar-refractivity contribution is 5.70. The van der Waals surface area contributed by atoms with Crippen LogP contribution in [0.25, 0.3) is 6.08 Å². The van der Waals surface area contributed by atoms with E-state index in [-0.39, 0.29) is 17.7 Å². The largest absolute Gasteiger partial charge is 0.285 e. The molecule has 0 amide bonds. The smallest absolute Gasteiger partial charge is 0.149 e. The van der Waals surface area contributed by atoms with Crippen molar-refractivity contribution in [3.8, 4) is 0 Å². The molecule has 1 aromatic carbocycles. The predicted octanol–water partition coefficient (Wildman–Crippen LogP) is 4.62. The molecule has 1 fully saturated rings. The first-order valence-electron chi connectivity index (χ1n) is 8.48. The van der Waals surface area contributed by atoms with Gasteiger partial charge in [-0.15, -0.1) is 0 Å². The van der Waals surface area contributed by atoms with Gasteiger partial charge >= 0.3 is 0 Å². The van der Waals surface area contributed by atoms with E-state index >= 15 is 0 Å². The molecule has 0 saturated heterocycles. The highest BCUT2D eigenvalue weighted by atomic mass is 19.1. The molecule has 1 heterocycles. The predicted molar refractivity (Wildman–Crippen MR) is 104 cm³/mol. The van der Waals surface area contributed by atoms with Gasteiger partial charge in [-0.25, -0.2) is 14.4 Å². The molecule has 5 heteroatoms. The topological polar surface area (TPSA) is 50.5 Å². The summed E-state index contributed by atoms with van der Waals surface area (Å²) in [6.45, 7) is 9.28. The van der Waals surface area contributed by atoms with Gasteiger partial charge in [0.25, 0.3) is 0 Å². The monoisotopic (exact) mass is 348 g/mol. The van der Waals surface area contributed by atoms with Crippen LogP contribution in [0.15, 0.2) is 53.4 Å². The lowest BCUT2D eigenvalue weighted by Gasteiger charge is -2.08. The van der Waals surface area contributed by atoms with Crippen molar-refractivity contribution in [1.29, 1.82) is 0 Å². The van der Waals surface area contributed by atoms with Crippen LogP contribution in [0.5, 0.6) is 0 Å². The maximum atomic E-state index is 14.6. The Balaban J connectivity index is 1.66. The van der Waals surface area contributed by atoms with Crippen LogP contribution in [-0.4, -0.2) is 22.9 Å². The van der Waals surface area contributed by atoms with E-state index in [2.05, 4.69) is 33.2 Å². The van der Waals surface area contributed by atoms with Gasteiger partial charge in [0.05, 0.1) is 6.54 Å². The maximum absolute atomic E-state index is 14.6. The third-order valence-electron chi connectivity index (χ3n) is 4.64. The molecular weight excluding hydrogens is 327 g/mol. The van der Waals surface area contributed by atoms with Crippen molar-refractivity contribution in [1.82, 2.24) is 9.97 Å². The van der Waals surface area contributed by atoms with Crippen molar-refractivity contribution in [3.05, 3.63) is 77.3 Å². The number of nitrogens with zero attached hydrogens (tertiary/aromatic N) is 4. The Morgan fingerprint density at radius 1 is 1.27 bits per heavy atom. The summed E-state index contributed by atoms with van der Waals surface area (Å²) in [7, 11) is 0. The Morgan fingerprint density at radius 2 is 2.04 bits per heavy atom. The first kappa shape index (κ1) is 17.9. The molecule has 1 saturated carbocycles. The zero-order valence-electron chi connectivity index (χ0n) is 14.8. The summed E-state index contributed by atoms with van der Waals surface area (Å²) in [5.41, 5.74) is 3.32. The van der Waals surface area contributed by atoms with E-state index < -0.39 is 0 Å². The maximum Gasteiger partial charge on any atom is 0.149 e. The van der Waals surface area contributed by atoms with E-state index in [1.165, 1.54) is 0 Å². The third kappa shape index (κ3) is 3.82. The molecule has 0 radical (unpaired) electrons. The van der Waals surface area contributed by atoms with Gasteiger partial charge in [0.1, 0.15) is 11.6 Å². The van der Waals surface area contributed by atoms with E-state index in [1.807, 2.05) is 24.5 Å². The summed E-state index contributed by atoms with van der Waals surface area (Å²) < 4.78 is 14.6. The Morgan fingerprint density at radius 3 is 2.73 bits per heavy atom. The molecule has 0 bridgehead atoms. The van der Waals surface area contributed by atoms with Crippen molar-refractivity contribution in [2.24, 2.45) is 9.98 Å². The Hall–Kier alpha value is -2.95. The summed E-state index contributed by atoms with van der Waals surface area (Å²) in [4.78, 5) is 16.5. The van der Waals surface area contributed by atoms with E-state index in [1.54, 1.807) is 31.5 Å². The number of allylic oxidation sites excluding steroid dienone is 1. The molecule has 0 N–H and O–H groups in total. The number of rotatable bonds is 7. The van der Waals surface area contributed by atoms with Gasteiger partial charge in [-0.2, -0.15) is 0 Å². The van der Waals surface area contributed by atoms with Crippen LogP contribution in [0.3, 0.4) is 0 Å². The fourth-order valence-corrected chi connectivity index (χ4v) is 3.07. The van der Waals surface area contributed by atoms with Crippen LogP contribution in [0.1, 0.15) is 46.3 Å². The normalized spacial score (nSPS) is 19.2. The molecule has 26 heavy (non-hydrogen) atoms. The summed E-state index contributed by atoms with van der Waals surface area (Å²) in [6.07, 6.45) is 11.2. The second-order valence-corrected chi connectivity index (χ2v) is 6.28. The van der Waals surface area contributed by atoms with Crippen LogP contribution in [0.2, 0.25) is 0 Å². The summed E-state index contributed by atoms with van der Waals surface area (Å²) in [6, 6.07) is 3.81. The van der Waals surface area contributed by atoms with Crippen LogP contribution < -0.4 is 0 Å². The minimum atomic E-state index is -0.121.